The molecule has 0 aliphatic heterocycles. The van der Waals surface area contributed by atoms with Crippen molar-refractivity contribution in [1.29, 1.82) is 0 Å². The van der Waals surface area contributed by atoms with E-state index in [2.05, 4.69) is 15.3 Å². The number of halogens is 3. The Kier molecular flexibility index (Phi) is 6.27. The van der Waals surface area contributed by atoms with Crippen LogP contribution in [0.2, 0.25) is 0 Å². The van der Waals surface area contributed by atoms with Gasteiger partial charge in [-0.1, -0.05) is 24.3 Å². The summed E-state index contributed by atoms with van der Waals surface area (Å²) < 4.78 is 40.1. The maximum Gasteiger partial charge on any atom is 0.406 e. The molecular weight excluding hydrogens is 405 g/mol. The average Bonchev–Trinajstić information content (AvgIpc) is 3.20. The van der Waals surface area contributed by atoms with Crippen LogP contribution in [0.4, 0.5) is 13.2 Å². The molecule has 4 rings (SSSR count). The van der Waals surface area contributed by atoms with Crippen molar-refractivity contribution in [3.8, 4) is 0 Å². The number of aromatic nitrogens is 2. The number of alkyl halides is 3. The number of hydrogen-bond donors (Lipinski definition) is 2. The van der Waals surface area contributed by atoms with Crippen molar-refractivity contribution >= 4 is 16.8 Å². The van der Waals surface area contributed by atoms with Crippen LogP contribution in [0.25, 0.3) is 10.9 Å². The molecule has 8 heteroatoms. The van der Waals surface area contributed by atoms with Crippen LogP contribution in [0.5, 0.6) is 0 Å². The summed E-state index contributed by atoms with van der Waals surface area (Å²) in [7, 11) is 0. The van der Waals surface area contributed by atoms with Crippen molar-refractivity contribution in [2.75, 3.05) is 6.54 Å². The Labute approximate surface area is 178 Å². The maximum absolute atomic E-state index is 13.4. The molecule has 1 amide bonds. The fourth-order valence-corrected chi connectivity index (χ4v) is 4.30. The number of para-hydroxylation sites is 1. The number of rotatable bonds is 6. The first-order chi connectivity index (χ1) is 14.9. The molecule has 1 aliphatic rings. The van der Waals surface area contributed by atoms with Crippen LogP contribution >= 0.6 is 0 Å². The van der Waals surface area contributed by atoms with Gasteiger partial charge in [-0.2, -0.15) is 13.2 Å². The van der Waals surface area contributed by atoms with Gasteiger partial charge in [0.05, 0.1) is 0 Å². The first kappa shape index (κ1) is 21.4. The third kappa shape index (κ3) is 5.44. The Hall–Kier alpha value is -2.87. The number of fused-ring (bicyclic) bond motifs is 1. The molecule has 0 spiro atoms. The molecule has 2 N–H and O–H groups in total. The highest BCUT2D eigenvalue weighted by Crippen LogP contribution is 2.29. The van der Waals surface area contributed by atoms with E-state index >= 15 is 0 Å². The highest BCUT2D eigenvalue weighted by atomic mass is 19.4. The second-order valence-corrected chi connectivity index (χ2v) is 8.08. The molecule has 3 aromatic rings. The van der Waals surface area contributed by atoms with Crippen LogP contribution in [0.15, 0.2) is 54.9 Å². The smallest absolute Gasteiger partial charge is 0.351 e. The molecule has 2 heterocycles. The molecular formula is C23H25F3N4O. The third-order valence-corrected chi connectivity index (χ3v) is 5.78. The largest absolute Gasteiger partial charge is 0.406 e. The number of carbonyl (C=O) groups excluding carboxylic acids is 1. The molecule has 164 valence electrons. The van der Waals surface area contributed by atoms with Gasteiger partial charge in [0.15, 0.2) is 0 Å². The van der Waals surface area contributed by atoms with Crippen LogP contribution in [-0.2, 0) is 6.54 Å². The number of pyridine rings is 1. The van der Waals surface area contributed by atoms with E-state index in [9.17, 15) is 18.0 Å². The van der Waals surface area contributed by atoms with Gasteiger partial charge in [-0.3, -0.25) is 9.78 Å². The van der Waals surface area contributed by atoms with Crippen molar-refractivity contribution in [2.45, 2.75) is 50.5 Å². The van der Waals surface area contributed by atoms with Crippen molar-refractivity contribution in [3.63, 3.8) is 0 Å². The summed E-state index contributed by atoms with van der Waals surface area (Å²) in [5, 5.41) is 4.22. The standard InChI is InChI=1S/C23H25F3N4O/c24-23(25,26)15-30(22(31)21-11-17-6-1-2-9-20(17)29-21)19-8-3-7-18(12-19)28-14-16-5-4-10-27-13-16/h1-2,4-6,9-11,13,18-19,28-29H,3,7-8,12,14-15H2/t18-,19-/m0/s1. The highest BCUT2D eigenvalue weighted by molar-refractivity contribution is 5.98. The van der Waals surface area contributed by atoms with Gasteiger partial charge in [-0.05, 0) is 49.4 Å². The van der Waals surface area contributed by atoms with Gasteiger partial charge in [0.2, 0.25) is 0 Å². The quantitative estimate of drug-likeness (QED) is 0.598. The van der Waals surface area contributed by atoms with E-state index in [-0.39, 0.29) is 11.7 Å². The Bertz CT molecular complexity index is 985. The average molecular weight is 430 g/mol. The lowest BCUT2D eigenvalue weighted by molar-refractivity contribution is -0.146. The fraction of sp³-hybridized carbons (Fsp3) is 0.391. The Morgan fingerprint density at radius 1 is 1.19 bits per heavy atom. The third-order valence-electron chi connectivity index (χ3n) is 5.78. The summed E-state index contributed by atoms with van der Waals surface area (Å²) in [5.74, 6) is -0.605. The Morgan fingerprint density at radius 2 is 2.03 bits per heavy atom. The van der Waals surface area contributed by atoms with E-state index in [1.807, 2.05) is 30.3 Å². The molecule has 31 heavy (non-hydrogen) atoms. The van der Waals surface area contributed by atoms with E-state index in [4.69, 9.17) is 0 Å². The Morgan fingerprint density at radius 3 is 2.77 bits per heavy atom. The summed E-state index contributed by atoms with van der Waals surface area (Å²) >= 11 is 0. The minimum Gasteiger partial charge on any atom is -0.351 e. The zero-order chi connectivity index (χ0) is 21.8. The maximum atomic E-state index is 13.4. The van der Waals surface area contributed by atoms with Gasteiger partial charge in [-0.25, -0.2) is 0 Å². The second kappa shape index (κ2) is 9.09. The zero-order valence-corrected chi connectivity index (χ0v) is 17.0. The second-order valence-electron chi connectivity index (χ2n) is 8.08. The summed E-state index contributed by atoms with van der Waals surface area (Å²) in [5.41, 5.74) is 1.94. The first-order valence-corrected chi connectivity index (χ1v) is 10.5. The molecule has 0 radical (unpaired) electrons. The fourth-order valence-electron chi connectivity index (χ4n) is 4.30. The number of benzene rings is 1. The number of carbonyl (C=O) groups is 1. The number of nitrogens with zero attached hydrogens (tertiary/aromatic N) is 2. The number of amides is 1. The van der Waals surface area contributed by atoms with Gasteiger partial charge < -0.3 is 15.2 Å². The topological polar surface area (TPSA) is 61.0 Å². The van der Waals surface area contributed by atoms with Crippen LogP contribution in [0.1, 0.15) is 41.7 Å². The monoisotopic (exact) mass is 430 g/mol. The van der Waals surface area contributed by atoms with Gasteiger partial charge in [0, 0.05) is 41.9 Å². The molecule has 0 unspecified atom stereocenters. The van der Waals surface area contributed by atoms with E-state index in [1.54, 1.807) is 24.5 Å². The minimum absolute atomic E-state index is 0.0465. The van der Waals surface area contributed by atoms with Crippen LogP contribution in [0.3, 0.4) is 0 Å². The summed E-state index contributed by atoms with van der Waals surface area (Å²) in [4.78, 5) is 21.2. The molecule has 5 nitrogen and oxygen atoms in total. The zero-order valence-electron chi connectivity index (χ0n) is 17.0. The Balaban J connectivity index is 1.50. The molecule has 2 aromatic heterocycles. The molecule has 0 bridgehead atoms. The van der Waals surface area contributed by atoms with E-state index < -0.39 is 24.7 Å². The predicted octanol–water partition coefficient (Wildman–Crippen LogP) is 4.67. The molecule has 2 atom stereocenters. The van der Waals surface area contributed by atoms with Gasteiger partial charge in [0.25, 0.3) is 5.91 Å². The summed E-state index contributed by atoms with van der Waals surface area (Å²) in [6, 6.07) is 12.3. The molecule has 0 saturated heterocycles. The lowest BCUT2D eigenvalue weighted by atomic mass is 9.89. The van der Waals surface area contributed by atoms with Gasteiger partial charge >= 0.3 is 6.18 Å². The molecule has 1 fully saturated rings. The SMILES string of the molecule is O=C(c1cc2ccccc2[nH]1)N(CC(F)(F)F)[C@H]1CCC[C@H](NCc2cccnc2)C1. The lowest BCUT2D eigenvalue weighted by Gasteiger charge is -2.38. The first-order valence-electron chi connectivity index (χ1n) is 10.5. The van der Waals surface area contributed by atoms with E-state index in [0.29, 0.717) is 19.4 Å². The van der Waals surface area contributed by atoms with E-state index in [0.717, 1.165) is 34.2 Å². The van der Waals surface area contributed by atoms with Crippen molar-refractivity contribution < 1.29 is 18.0 Å². The lowest BCUT2D eigenvalue weighted by Crippen LogP contribution is -2.50. The normalized spacial score (nSPS) is 19.5. The van der Waals surface area contributed by atoms with E-state index in [1.165, 1.54) is 0 Å². The summed E-state index contributed by atoms with van der Waals surface area (Å²) in [6.45, 7) is -0.651. The van der Waals surface area contributed by atoms with Crippen LogP contribution in [-0.4, -0.2) is 45.6 Å². The van der Waals surface area contributed by atoms with Crippen molar-refractivity contribution in [1.82, 2.24) is 20.2 Å². The number of hydrogen-bond acceptors (Lipinski definition) is 3. The minimum atomic E-state index is -4.46. The molecule has 1 aromatic carbocycles. The molecule has 1 aliphatic carbocycles. The number of aromatic amines is 1. The predicted molar refractivity (Wildman–Crippen MR) is 113 cm³/mol. The van der Waals surface area contributed by atoms with Crippen LogP contribution < -0.4 is 5.32 Å². The van der Waals surface area contributed by atoms with Crippen molar-refractivity contribution in [3.05, 3.63) is 66.1 Å². The van der Waals surface area contributed by atoms with Gasteiger partial charge in [-0.15, -0.1) is 0 Å². The van der Waals surface area contributed by atoms with Crippen molar-refractivity contribution in [2.24, 2.45) is 0 Å². The summed E-state index contributed by atoms with van der Waals surface area (Å²) in [6.07, 6.45) is 1.70. The molecule has 1 saturated carbocycles. The number of nitrogens with one attached hydrogen (secondary N) is 2. The van der Waals surface area contributed by atoms with Crippen LogP contribution in [0, 0.1) is 0 Å². The number of H-pyrrole nitrogens is 1. The van der Waals surface area contributed by atoms with Gasteiger partial charge in [0.1, 0.15) is 12.2 Å². The highest BCUT2D eigenvalue weighted by Gasteiger charge is 2.39.